The predicted molar refractivity (Wildman–Crippen MR) is 84.3 cm³/mol. The summed E-state index contributed by atoms with van der Waals surface area (Å²) in [6.07, 6.45) is 0. The number of rotatable bonds is 4. The summed E-state index contributed by atoms with van der Waals surface area (Å²) in [4.78, 5) is 10.4. The van der Waals surface area contributed by atoms with E-state index in [1.165, 1.54) is 6.07 Å². The molecule has 0 bridgehead atoms. The fourth-order valence-corrected chi connectivity index (χ4v) is 2.37. The summed E-state index contributed by atoms with van der Waals surface area (Å²) in [7, 11) is 0. The molecule has 0 aliphatic carbocycles. The van der Waals surface area contributed by atoms with Crippen molar-refractivity contribution in [3.8, 4) is 0 Å². The van der Waals surface area contributed by atoms with Crippen LogP contribution in [0.3, 0.4) is 0 Å². The molecule has 0 spiro atoms. The van der Waals surface area contributed by atoms with Gasteiger partial charge in [0.25, 0.3) is 5.69 Å². The minimum absolute atomic E-state index is 0.0801. The normalized spacial score (nSPS) is 11.9. The van der Waals surface area contributed by atoms with Crippen LogP contribution in [-0.2, 0) is 0 Å². The van der Waals surface area contributed by atoms with Crippen molar-refractivity contribution in [1.29, 1.82) is 0 Å². The average Bonchev–Trinajstić information content (AvgIpc) is 2.43. The van der Waals surface area contributed by atoms with Crippen molar-refractivity contribution in [1.82, 2.24) is 0 Å². The number of nitrogens with one attached hydrogen (secondary N) is 1. The van der Waals surface area contributed by atoms with Gasteiger partial charge >= 0.3 is 0 Å². The molecule has 0 saturated carbocycles. The minimum Gasteiger partial charge on any atom is -0.377 e. The molecule has 2 aromatic carbocycles. The van der Waals surface area contributed by atoms with Crippen molar-refractivity contribution in [2.45, 2.75) is 13.0 Å². The molecule has 0 aliphatic rings. The number of non-ortho nitro benzene ring substituents is 1. The number of hydrogen-bond donors (Lipinski definition) is 1. The zero-order valence-corrected chi connectivity index (χ0v) is 13.0. The Morgan fingerprint density at radius 2 is 2.05 bits per heavy atom. The van der Waals surface area contributed by atoms with E-state index < -0.39 is 4.92 Å². The lowest BCUT2D eigenvalue weighted by Gasteiger charge is -2.17. The van der Waals surface area contributed by atoms with Crippen LogP contribution in [0.15, 0.2) is 46.9 Å². The van der Waals surface area contributed by atoms with Gasteiger partial charge in [-0.1, -0.05) is 39.7 Å². The summed E-state index contributed by atoms with van der Waals surface area (Å²) in [6, 6.07) is 12.0. The van der Waals surface area contributed by atoms with E-state index in [1.54, 1.807) is 18.2 Å². The highest BCUT2D eigenvalue weighted by molar-refractivity contribution is 9.10. The molecular formula is C14H12BrClN2O2. The summed E-state index contributed by atoms with van der Waals surface area (Å²) in [5, 5.41) is 14.6. The number of anilines is 1. The first-order valence-electron chi connectivity index (χ1n) is 5.93. The Balaban J connectivity index is 2.23. The maximum absolute atomic E-state index is 10.8. The smallest absolute Gasteiger partial charge is 0.269 e. The zero-order valence-electron chi connectivity index (χ0n) is 10.6. The van der Waals surface area contributed by atoms with Gasteiger partial charge in [-0.3, -0.25) is 10.1 Å². The molecule has 4 nitrogen and oxygen atoms in total. The van der Waals surface area contributed by atoms with Gasteiger partial charge in [-0.15, -0.1) is 0 Å². The van der Waals surface area contributed by atoms with E-state index in [9.17, 15) is 10.1 Å². The second-order valence-electron chi connectivity index (χ2n) is 4.34. The second-order valence-corrected chi connectivity index (χ2v) is 5.67. The van der Waals surface area contributed by atoms with E-state index >= 15 is 0 Å². The Kier molecular flexibility index (Phi) is 4.62. The molecule has 0 aliphatic heterocycles. The fraction of sp³-hybridized carbons (Fsp3) is 0.143. The number of nitro groups is 1. The van der Waals surface area contributed by atoms with Crippen molar-refractivity contribution in [3.63, 3.8) is 0 Å². The summed E-state index contributed by atoms with van der Waals surface area (Å²) < 4.78 is 0.913. The molecule has 2 aromatic rings. The van der Waals surface area contributed by atoms with Crippen molar-refractivity contribution in [2.24, 2.45) is 0 Å². The molecule has 1 atom stereocenters. The second kappa shape index (κ2) is 6.24. The Hall–Kier alpha value is -1.59. The van der Waals surface area contributed by atoms with Crippen LogP contribution in [0.25, 0.3) is 0 Å². The van der Waals surface area contributed by atoms with Crippen molar-refractivity contribution in [2.75, 3.05) is 5.32 Å². The Morgan fingerprint density at radius 3 is 2.75 bits per heavy atom. The molecule has 104 valence electrons. The molecule has 0 fully saturated rings. The van der Waals surface area contributed by atoms with Gasteiger partial charge in [0.2, 0.25) is 0 Å². The molecule has 20 heavy (non-hydrogen) atoms. The Morgan fingerprint density at radius 1 is 1.30 bits per heavy atom. The molecule has 2 rings (SSSR count). The number of nitro benzene ring substituents is 1. The fourth-order valence-electron chi connectivity index (χ4n) is 1.83. The monoisotopic (exact) mass is 354 g/mol. The molecule has 0 aromatic heterocycles. The largest absolute Gasteiger partial charge is 0.377 e. The highest BCUT2D eigenvalue weighted by Gasteiger charge is 2.12. The highest BCUT2D eigenvalue weighted by Crippen LogP contribution is 2.29. The molecular weight excluding hydrogens is 344 g/mol. The molecule has 0 heterocycles. The van der Waals surface area contributed by atoms with Crippen LogP contribution in [0, 0.1) is 10.1 Å². The van der Waals surface area contributed by atoms with Crippen LogP contribution < -0.4 is 5.32 Å². The summed E-state index contributed by atoms with van der Waals surface area (Å²) in [5.74, 6) is 0. The molecule has 6 heteroatoms. The number of nitrogens with zero attached hydrogens (tertiary/aromatic N) is 1. The highest BCUT2D eigenvalue weighted by atomic mass is 79.9. The van der Waals surface area contributed by atoms with Gasteiger partial charge in [-0.2, -0.15) is 0 Å². The summed E-state index contributed by atoms with van der Waals surface area (Å²) in [6.45, 7) is 1.93. The SMILES string of the molecule is CC(Nc1cc(Br)ccc1Cl)c1cccc([N+](=O)[O-])c1. The van der Waals surface area contributed by atoms with Crippen LogP contribution in [0.1, 0.15) is 18.5 Å². The van der Waals surface area contributed by atoms with Gasteiger partial charge in [-0.05, 0) is 30.7 Å². The van der Waals surface area contributed by atoms with Gasteiger partial charge in [0.1, 0.15) is 0 Å². The van der Waals surface area contributed by atoms with Crippen molar-refractivity contribution in [3.05, 3.63) is 67.6 Å². The van der Waals surface area contributed by atoms with Crippen molar-refractivity contribution >= 4 is 38.9 Å². The maximum Gasteiger partial charge on any atom is 0.269 e. The third-order valence-electron chi connectivity index (χ3n) is 2.88. The van der Waals surface area contributed by atoms with Gasteiger partial charge in [0, 0.05) is 22.6 Å². The molecule has 0 amide bonds. The number of hydrogen-bond acceptors (Lipinski definition) is 3. The molecule has 1 N–H and O–H groups in total. The van der Waals surface area contributed by atoms with Gasteiger partial charge in [0.05, 0.1) is 15.6 Å². The standard InChI is InChI=1S/C14H12BrClN2O2/c1-9(10-3-2-4-12(7-10)18(19)20)17-14-8-11(15)5-6-13(14)16/h2-9,17H,1H3. The van der Waals surface area contributed by atoms with Crippen LogP contribution in [0.2, 0.25) is 5.02 Å². The lowest BCUT2D eigenvalue weighted by atomic mass is 10.1. The van der Waals surface area contributed by atoms with Gasteiger partial charge < -0.3 is 5.32 Å². The predicted octanol–water partition coefficient (Wildman–Crippen LogP) is 5.18. The quantitative estimate of drug-likeness (QED) is 0.607. The van der Waals surface area contributed by atoms with E-state index in [1.807, 2.05) is 25.1 Å². The van der Waals surface area contributed by atoms with Crippen LogP contribution >= 0.6 is 27.5 Å². The third-order valence-corrected chi connectivity index (χ3v) is 3.70. The van der Waals surface area contributed by atoms with Crippen LogP contribution in [0.5, 0.6) is 0 Å². The lowest BCUT2D eigenvalue weighted by molar-refractivity contribution is -0.384. The van der Waals surface area contributed by atoms with Crippen LogP contribution in [-0.4, -0.2) is 4.92 Å². The summed E-state index contributed by atoms with van der Waals surface area (Å²) >= 11 is 9.50. The zero-order chi connectivity index (χ0) is 14.7. The van der Waals surface area contributed by atoms with Crippen molar-refractivity contribution < 1.29 is 4.92 Å². The number of halogens is 2. The maximum atomic E-state index is 10.8. The third kappa shape index (κ3) is 3.49. The average molecular weight is 356 g/mol. The lowest BCUT2D eigenvalue weighted by Crippen LogP contribution is -2.07. The van der Waals surface area contributed by atoms with E-state index in [4.69, 9.17) is 11.6 Å². The first-order valence-corrected chi connectivity index (χ1v) is 7.10. The molecule has 0 radical (unpaired) electrons. The Bertz CT molecular complexity index is 649. The Labute approximate surface area is 130 Å². The first kappa shape index (κ1) is 14.8. The van der Waals surface area contributed by atoms with Gasteiger partial charge in [0.15, 0.2) is 0 Å². The topological polar surface area (TPSA) is 55.2 Å². The molecule has 1 unspecified atom stereocenters. The van der Waals surface area contributed by atoms with E-state index in [0.717, 1.165) is 15.7 Å². The summed E-state index contributed by atoms with van der Waals surface area (Å²) in [5.41, 5.74) is 1.69. The van der Waals surface area contributed by atoms with E-state index in [0.29, 0.717) is 5.02 Å². The van der Waals surface area contributed by atoms with Gasteiger partial charge in [-0.25, -0.2) is 0 Å². The molecule has 0 saturated heterocycles. The van der Waals surface area contributed by atoms with Crippen LogP contribution in [0.4, 0.5) is 11.4 Å². The first-order chi connectivity index (χ1) is 9.47. The van der Waals surface area contributed by atoms with E-state index in [-0.39, 0.29) is 11.7 Å². The van der Waals surface area contributed by atoms with E-state index in [2.05, 4.69) is 21.2 Å². The minimum atomic E-state index is -0.400. The number of benzene rings is 2.